The molecule has 4 nitrogen and oxygen atoms in total. The molecule has 0 aromatic rings. The number of carbonyl (C=O) groups is 1. The maximum Gasteiger partial charge on any atom is 0.223 e. The van der Waals surface area contributed by atoms with Crippen LogP contribution in [-0.4, -0.2) is 54.5 Å². The van der Waals surface area contributed by atoms with Crippen molar-refractivity contribution in [2.75, 3.05) is 32.7 Å². The molecule has 0 aromatic heterocycles. The van der Waals surface area contributed by atoms with Gasteiger partial charge in [-0.2, -0.15) is 0 Å². The number of nitrogens with zero attached hydrogens (tertiary/aromatic N) is 2. The van der Waals surface area contributed by atoms with Gasteiger partial charge >= 0.3 is 0 Å². The van der Waals surface area contributed by atoms with Gasteiger partial charge in [0.15, 0.2) is 0 Å². The summed E-state index contributed by atoms with van der Waals surface area (Å²) < 4.78 is 0. The van der Waals surface area contributed by atoms with Crippen LogP contribution < -0.4 is 5.73 Å². The Labute approximate surface area is 166 Å². The zero-order valence-corrected chi connectivity index (χ0v) is 17.2. The molecule has 6 heteroatoms. The van der Waals surface area contributed by atoms with Crippen LogP contribution in [-0.2, 0) is 4.79 Å². The van der Waals surface area contributed by atoms with Crippen molar-refractivity contribution in [3.63, 3.8) is 0 Å². The van der Waals surface area contributed by atoms with Gasteiger partial charge < -0.3 is 10.6 Å². The number of nitrogens with two attached hydrogens (primary N) is 1. The lowest BCUT2D eigenvalue weighted by Crippen LogP contribution is -2.42. The number of amides is 1. The third kappa shape index (κ3) is 5.98. The first-order valence-electron chi connectivity index (χ1n) is 9.94. The Morgan fingerprint density at radius 2 is 1.56 bits per heavy atom. The van der Waals surface area contributed by atoms with Crippen molar-refractivity contribution in [2.24, 2.45) is 11.1 Å². The van der Waals surface area contributed by atoms with Crippen molar-refractivity contribution in [1.29, 1.82) is 0 Å². The monoisotopic (exact) mass is 393 g/mol. The SMILES string of the molecule is Cl.Cl.NCC1(CC(=O)N2CCCN(C3CCCC3)CC2)CCCCC1. The molecule has 148 valence electrons. The van der Waals surface area contributed by atoms with E-state index in [4.69, 9.17) is 5.73 Å². The minimum atomic E-state index is 0. The third-order valence-corrected chi connectivity index (χ3v) is 6.60. The van der Waals surface area contributed by atoms with Crippen LogP contribution >= 0.6 is 24.8 Å². The second-order valence-corrected chi connectivity index (χ2v) is 8.15. The number of rotatable bonds is 4. The van der Waals surface area contributed by atoms with E-state index in [0.717, 1.165) is 44.9 Å². The van der Waals surface area contributed by atoms with Crippen molar-refractivity contribution in [3.8, 4) is 0 Å². The highest BCUT2D eigenvalue weighted by Crippen LogP contribution is 2.38. The summed E-state index contributed by atoms with van der Waals surface area (Å²) in [6.07, 6.45) is 13.5. The molecular weight excluding hydrogens is 357 g/mol. The molecule has 1 saturated heterocycles. The highest BCUT2D eigenvalue weighted by molar-refractivity contribution is 5.85. The molecule has 2 N–H and O–H groups in total. The first-order valence-corrected chi connectivity index (χ1v) is 9.94. The first-order chi connectivity index (χ1) is 11.2. The molecule has 2 saturated carbocycles. The van der Waals surface area contributed by atoms with Gasteiger partial charge in [-0.1, -0.05) is 32.1 Å². The Balaban J connectivity index is 0.00000156. The van der Waals surface area contributed by atoms with Crippen LogP contribution in [0.25, 0.3) is 0 Å². The van der Waals surface area contributed by atoms with Crippen LogP contribution in [0.1, 0.15) is 70.6 Å². The van der Waals surface area contributed by atoms with Crippen LogP contribution in [0.4, 0.5) is 0 Å². The quantitative estimate of drug-likeness (QED) is 0.793. The van der Waals surface area contributed by atoms with Crippen LogP contribution in [0.3, 0.4) is 0 Å². The fourth-order valence-electron chi connectivity index (χ4n) is 5.01. The van der Waals surface area contributed by atoms with Crippen molar-refractivity contribution in [1.82, 2.24) is 9.80 Å². The molecule has 0 unspecified atom stereocenters. The van der Waals surface area contributed by atoms with E-state index in [2.05, 4.69) is 9.80 Å². The van der Waals surface area contributed by atoms with Gasteiger partial charge in [-0.25, -0.2) is 0 Å². The Morgan fingerprint density at radius 1 is 0.880 bits per heavy atom. The molecule has 0 radical (unpaired) electrons. The molecule has 0 spiro atoms. The van der Waals surface area contributed by atoms with Gasteiger partial charge in [-0.05, 0) is 44.1 Å². The smallest absolute Gasteiger partial charge is 0.223 e. The molecule has 2 aliphatic carbocycles. The molecule has 1 aliphatic heterocycles. The molecule has 3 rings (SSSR count). The van der Waals surface area contributed by atoms with E-state index >= 15 is 0 Å². The van der Waals surface area contributed by atoms with Crippen molar-refractivity contribution in [3.05, 3.63) is 0 Å². The number of halogens is 2. The van der Waals surface area contributed by atoms with Gasteiger partial charge in [0.1, 0.15) is 0 Å². The summed E-state index contributed by atoms with van der Waals surface area (Å²) in [7, 11) is 0. The standard InChI is InChI=1S/C19H35N3O.2ClH/c20-16-19(9-4-1-5-10-19)15-18(23)22-12-6-11-21(13-14-22)17-7-2-3-8-17;;/h17H,1-16,20H2;2*1H. The molecule has 0 atom stereocenters. The highest BCUT2D eigenvalue weighted by atomic mass is 35.5. The maximum absolute atomic E-state index is 12.9. The fourth-order valence-corrected chi connectivity index (χ4v) is 5.01. The maximum atomic E-state index is 12.9. The van der Waals surface area contributed by atoms with E-state index in [-0.39, 0.29) is 30.2 Å². The Bertz CT molecular complexity index is 396. The minimum Gasteiger partial charge on any atom is -0.341 e. The lowest BCUT2D eigenvalue weighted by Gasteiger charge is -2.37. The average molecular weight is 394 g/mol. The summed E-state index contributed by atoms with van der Waals surface area (Å²) in [5.41, 5.74) is 6.18. The lowest BCUT2D eigenvalue weighted by molar-refractivity contribution is -0.134. The zero-order chi connectivity index (χ0) is 16.1. The van der Waals surface area contributed by atoms with Crippen LogP contribution in [0.5, 0.6) is 0 Å². The van der Waals surface area contributed by atoms with Crippen molar-refractivity contribution < 1.29 is 4.79 Å². The van der Waals surface area contributed by atoms with E-state index in [1.54, 1.807) is 0 Å². The van der Waals surface area contributed by atoms with E-state index in [0.29, 0.717) is 18.9 Å². The summed E-state index contributed by atoms with van der Waals surface area (Å²) in [6, 6.07) is 0.791. The van der Waals surface area contributed by atoms with Gasteiger partial charge in [0.05, 0.1) is 0 Å². The first kappa shape index (κ1) is 23.0. The molecule has 25 heavy (non-hydrogen) atoms. The molecule has 3 fully saturated rings. The fraction of sp³-hybridized carbons (Fsp3) is 0.947. The van der Waals surface area contributed by atoms with Crippen molar-refractivity contribution >= 4 is 30.7 Å². The van der Waals surface area contributed by atoms with E-state index in [1.807, 2.05) is 0 Å². The van der Waals surface area contributed by atoms with Gasteiger partial charge in [0.2, 0.25) is 5.91 Å². The molecular formula is C19H37Cl2N3O. The molecule has 1 amide bonds. The summed E-state index contributed by atoms with van der Waals surface area (Å²) in [6.45, 7) is 4.81. The van der Waals surface area contributed by atoms with Crippen LogP contribution in [0.15, 0.2) is 0 Å². The Morgan fingerprint density at radius 3 is 2.20 bits per heavy atom. The lowest BCUT2D eigenvalue weighted by atomic mass is 9.71. The van der Waals surface area contributed by atoms with Crippen molar-refractivity contribution in [2.45, 2.75) is 76.7 Å². The van der Waals surface area contributed by atoms with Gasteiger partial charge in [0.25, 0.3) is 0 Å². The van der Waals surface area contributed by atoms with E-state index in [1.165, 1.54) is 51.5 Å². The van der Waals surface area contributed by atoms with Crippen LogP contribution in [0.2, 0.25) is 0 Å². The van der Waals surface area contributed by atoms with Gasteiger partial charge in [0, 0.05) is 38.6 Å². The Kier molecular flexibility index (Phi) is 10.1. The minimum absolute atomic E-state index is 0. The molecule has 0 aromatic carbocycles. The second-order valence-electron chi connectivity index (χ2n) is 8.15. The average Bonchev–Trinajstić information content (AvgIpc) is 3.00. The largest absolute Gasteiger partial charge is 0.341 e. The summed E-state index contributed by atoms with van der Waals surface area (Å²) in [4.78, 5) is 17.7. The van der Waals surface area contributed by atoms with Gasteiger partial charge in [-0.3, -0.25) is 9.69 Å². The molecule has 0 bridgehead atoms. The summed E-state index contributed by atoms with van der Waals surface area (Å²) in [5, 5.41) is 0. The number of hydrogen-bond donors (Lipinski definition) is 1. The number of hydrogen-bond acceptors (Lipinski definition) is 3. The Hall–Kier alpha value is -0.0300. The van der Waals surface area contributed by atoms with E-state index < -0.39 is 0 Å². The summed E-state index contributed by atoms with van der Waals surface area (Å²) >= 11 is 0. The predicted molar refractivity (Wildman–Crippen MR) is 109 cm³/mol. The number of carbonyl (C=O) groups excluding carboxylic acids is 1. The topological polar surface area (TPSA) is 49.6 Å². The summed E-state index contributed by atoms with van der Waals surface area (Å²) in [5.74, 6) is 0.366. The highest BCUT2D eigenvalue weighted by Gasteiger charge is 2.35. The second kappa shape index (κ2) is 11.0. The third-order valence-electron chi connectivity index (χ3n) is 6.60. The molecule has 3 aliphatic rings. The zero-order valence-electron chi connectivity index (χ0n) is 15.6. The van der Waals surface area contributed by atoms with Gasteiger partial charge in [-0.15, -0.1) is 24.8 Å². The van der Waals surface area contributed by atoms with Crippen LogP contribution in [0, 0.1) is 5.41 Å². The van der Waals surface area contributed by atoms with E-state index in [9.17, 15) is 4.79 Å². The normalized spacial score (nSPS) is 24.9. The predicted octanol–water partition coefficient (Wildman–Crippen LogP) is 3.61. The molecule has 1 heterocycles.